The van der Waals surface area contributed by atoms with Gasteiger partial charge in [0.05, 0.1) is 0 Å². The summed E-state index contributed by atoms with van der Waals surface area (Å²) in [6.07, 6.45) is 33.8. The number of halogens is 2. The highest BCUT2D eigenvalue weighted by Gasteiger charge is 1.96. The van der Waals surface area contributed by atoms with E-state index in [-0.39, 0.29) is 0 Å². The predicted molar refractivity (Wildman–Crippen MR) is 149 cm³/mol. The van der Waals surface area contributed by atoms with Crippen LogP contribution in [0.2, 0.25) is 0 Å². The fraction of sp³-hybridized carbons (Fsp3) is 1.00. The van der Waals surface area contributed by atoms with Gasteiger partial charge in [-0.05, 0) is 25.7 Å². The molecule has 0 radical (unpaired) electrons. The Morgan fingerprint density at radius 1 is 0.258 bits per heavy atom. The molecule has 0 amide bonds. The Bertz CT molecular complexity index is 271. The average molecular weight is 569 g/mol. The molecule has 3 heteroatoms. The average Bonchev–Trinajstić information content (AvgIpc) is 2.78. The lowest BCUT2D eigenvalue weighted by molar-refractivity contribution is 0.125. The molecule has 0 aliphatic carbocycles. The molecule has 0 rings (SSSR count). The van der Waals surface area contributed by atoms with Gasteiger partial charge in [0.25, 0.3) is 0 Å². The standard InChI is InChI=1S/C28H56Br2O/c29-25-21-17-13-9-5-1-3-7-11-15-19-23-27-31-28-24-20-16-12-8-4-2-6-10-14-18-22-26-30/h1-28H2. The second kappa shape index (κ2) is 30.9. The van der Waals surface area contributed by atoms with E-state index in [2.05, 4.69) is 31.9 Å². The molecule has 0 unspecified atom stereocenters. The first-order valence-corrected chi connectivity index (χ1v) is 16.4. The summed E-state index contributed by atoms with van der Waals surface area (Å²) in [6, 6.07) is 0. The molecule has 0 aromatic rings. The zero-order chi connectivity index (χ0) is 22.5. The van der Waals surface area contributed by atoms with Crippen molar-refractivity contribution < 1.29 is 4.74 Å². The van der Waals surface area contributed by atoms with Crippen molar-refractivity contribution in [2.24, 2.45) is 0 Å². The predicted octanol–water partition coefficient (Wildman–Crippen LogP) is 11.2. The molecule has 31 heavy (non-hydrogen) atoms. The van der Waals surface area contributed by atoms with Crippen LogP contribution in [0.1, 0.15) is 154 Å². The van der Waals surface area contributed by atoms with Gasteiger partial charge in [-0.15, -0.1) is 0 Å². The third-order valence-electron chi connectivity index (χ3n) is 6.34. The van der Waals surface area contributed by atoms with Gasteiger partial charge in [-0.1, -0.05) is 160 Å². The van der Waals surface area contributed by atoms with Crippen molar-refractivity contribution in [1.82, 2.24) is 0 Å². The lowest BCUT2D eigenvalue weighted by atomic mass is 10.1. The Morgan fingerprint density at radius 3 is 0.677 bits per heavy atom. The van der Waals surface area contributed by atoms with Gasteiger partial charge < -0.3 is 4.74 Å². The van der Waals surface area contributed by atoms with Crippen molar-refractivity contribution in [3.05, 3.63) is 0 Å². The van der Waals surface area contributed by atoms with E-state index in [4.69, 9.17) is 4.74 Å². The van der Waals surface area contributed by atoms with Crippen molar-refractivity contribution in [3.8, 4) is 0 Å². The molecule has 0 aliphatic rings. The SMILES string of the molecule is BrCCCCCCCCCCCCCCOCCCCCCCCCCCCCCBr. The van der Waals surface area contributed by atoms with E-state index in [9.17, 15) is 0 Å². The molecule has 0 aliphatic heterocycles. The third-order valence-corrected chi connectivity index (χ3v) is 7.47. The van der Waals surface area contributed by atoms with Crippen LogP contribution < -0.4 is 0 Å². The van der Waals surface area contributed by atoms with E-state index in [1.54, 1.807) is 0 Å². The van der Waals surface area contributed by atoms with Crippen LogP contribution in [-0.2, 0) is 4.74 Å². The van der Waals surface area contributed by atoms with Gasteiger partial charge in [0.1, 0.15) is 0 Å². The van der Waals surface area contributed by atoms with Crippen LogP contribution in [0.4, 0.5) is 0 Å². The van der Waals surface area contributed by atoms with Gasteiger partial charge >= 0.3 is 0 Å². The van der Waals surface area contributed by atoms with Crippen LogP contribution in [0.5, 0.6) is 0 Å². The topological polar surface area (TPSA) is 9.23 Å². The van der Waals surface area contributed by atoms with Gasteiger partial charge in [0.2, 0.25) is 0 Å². The molecule has 1 nitrogen and oxygen atoms in total. The van der Waals surface area contributed by atoms with Crippen LogP contribution in [0.3, 0.4) is 0 Å². The minimum atomic E-state index is 0.990. The fourth-order valence-electron chi connectivity index (χ4n) is 4.23. The molecule has 0 aromatic heterocycles. The zero-order valence-corrected chi connectivity index (χ0v) is 24.1. The number of ether oxygens (including phenoxy) is 1. The maximum Gasteiger partial charge on any atom is 0.0466 e. The summed E-state index contributed by atoms with van der Waals surface area (Å²) in [7, 11) is 0. The number of alkyl halides is 2. The lowest BCUT2D eigenvalue weighted by Gasteiger charge is -2.05. The Hall–Kier alpha value is 0.920. The molecule has 0 bridgehead atoms. The second-order valence-corrected chi connectivity index (χ2v) is 11.1. The van der Waals surface area contributed by atoms with Gasteiger partial charge in [-0.3, -0.25) is 0 Å². The van der Waals surface area contributed by atoms with Gasteiger partial charge in [-0.2, -0.15) is 0 Å². The van der Waals surface area contributed by atoms with E-state index >= 15 is 0 Å². The molecule has 0 N–H and O–H groups in total. The van der Waals surface area contributed by atoms with Crippen molar-refractivity contribution in [3.63, 3.8) is 0 Å². The summed E-state index contributed by atoms with van der Waals surface area (Å²) in [4.78, 5) is 0. The summed E-state index contributed by atoms with van der Waals surface area (Å²) in [5.74, 6) is 0. The van der Waals surface area contributed by atoms with Gasteiger partial charge in [0, 0.05) is 23.9 Å². The lowest BCUT2D eigenvalue weighted by Crippen LogP contribution is -1.97. The van der Waals surface area contributed by atoms with E-state index in [0.29, 0.717) is 0 Å². The molecule has 0 fully saturated rings. The van der Waals surface area contributed by atoms with E-state index in [1.807, 2.05) is 0 Å². The summed E-state index contributed by atoms with van der Waals surface area (Å²) in [5.41, 5.74) is 0. The molecule has 0 heterocycles. The normalized spacial score (nSPS) is 11.4. The largest absolute Gasteiger partial charge is 0.381 e. The van der Waals surface area contributed by atoms with Crippen molar-refractivity contribution >= 4 is 31.9 Å². The summed E-state index contributed by atoms with van der Waals surface area (Å²) >= 11 is 7.01. The van der Waals surface area contributed by atoms with Gasteiger partial charge in [0.15, 0.2) is 0 Å². The molecule has 0 aromatic carbocycles. The quantitative estimate of drug-likeness (QED) is 0.0674. The Labute approximate surface area is 213 Å². The minimum absolute atomic E-state index is 0.990. The maximum atomic E-state index is 5.83. The first kappa shape index (κ1) is 31.9. The minimum Gasteiger partial charge on any atom is -0.381 e. The highest BCUT2D eigenvalue weighted by Crippen LogP contribution is 2.14. The number of unbranched alkanes of at least 4 members (excludes halogenated alkanes) is 22. The van der Waals surface area contributed by atoms with E-state index in [1.165, 1.54) is 165 Å². The zero-order valence-electron chi connectivity index (χ0n) is 21.0. The maximum absolute atomic E-state index is 5.83. The van der Waals surface area contributed by atoms with Crippen LogP contribution in [0, 0.1) is 0 Å². The number of rotatable bonds is 28. The summed E-state index contributed by atoms with van der Waals surface area (Å²) in [5, 5.41) is 2.35. The highest BCUT2D eigenvalue weighted by molar-refractivity contribution is 9.09. The Kier molecular flexibility index (Phi) is 31.8. The van der Waals surface area contributed by atoms with Crippen molar-refractivity contribution in [1.29, 1.82) is 0 Å². The Balaban J connectivity index is 2.98. The van der Waals surface area contributed by atoms with Crippen LogP contribution in [-0.4, -0.2) is 23.9 Å². The first-order chi connectivity index (χ1) is 15.4. The molecule has 0 spiro atoms. The molecule has 0 saturated heterocycles. The summed E-state index contributed by atoms with van der Waals surface area (Å²) in [6.45, 7) is 1.98. The molecular weight excluding hydrogens is 512 g/mol. The third kappa shape index (κ3) is 30.9. The summed E-state index contributed by atoms with van der Waals surface area (Å²) < 4.78 is 5.83. The van der Waals surface area contributed by atoms with Gasteiger partial charge in [-0.25, -0.2) is 0 Å². The van der Waals surface area contributed by atoms with E-state index in [0.717, 1.165) is 13.2 Å². The van der Waals surface area contributed by atoms with Crippen molar-refractivity contribution in [2.75, 3.05) is 23.9 Å². The number of hydrogen-bond donors (Lipinski definition) is 0. The molecule has 0 atom stereocenters. The van der Waals surface area contributed by atoms with Crippen LogP contribution in [0.15, 0.2) is 0 Å². The van der Waals surface area contributed by atoms with Crippen LogP contribution >= 0.6 is 31.9 Å². The van der Waals surface area contributed by atoms with E-state index < -0.39 is 0 Å². The Morgan fingerprint density at radius 2 is 0.452 bits per heavy atom. The first-order valence-electron chi connectivity index (χ1n) is 14.1. The molecule has 0 saturated carbocycles. The highest BCUT2D eigenvalue weighted by atomic mass is 79.9. The second-order valence-electron chi connectivity index (χ2n) is 9.48. The molecular formula is C28H56Br2O. The number of hydrogen-bond acceptors (Lipinski definition) is 1. The van der Waals surface area contributed by atoms with Crippen LogP contribution in [0.25, 0.3) is 0 Å². The van der Waals surface area contributed by atoms with Crippen molar-refractivity contribution in [2.45, 2.75) is 154 Å². The fourth-order valence-corrected chi connectivity index (χ4v) is 5.03. The monoisotopic (exact) mass is 566 g/mol. The molecule has 188 valence electrons. The smallest absolute Gasteiger partial charge is 0.0466 e.